The van der Waals surface area contributed by atoms with E-state index in [0.29, 0.717) is 12.0 Å². The third kappa shape index (κ3) is 2.23. The van der Waals surface area contributed by atoms with E-state index >= 15 is 0 Å². The molecule has 0 amide bonds. The summed E-state index contributed by atoms with van der Waals surface area (Å²) in [6.07, 6.45) is 4.26. The van der Waals surface area contributed by atoms with Crippen molar-refractivity contribution in [3.8, 4) is 17.1 Å². The summed E-state index contributed by atoms with van der Waals surface area (Å²) in [5.41, 5.74) is 2.18. The molecule has 1 saturated carbocycles. The molecule has 1 aromatic heterocycles. The predicted molar refractivity (Wildman–Crippen MR) is 74.4 cm³/mol. The molecule has 0 N–H and O–H groups in total. The molecule has 0 radical (unpaired) electrons. The van der Waals surface area contributed by atoms with Gasteiger partial charge in [-0.15, -0.1) is 0 Å². The summed E-state index contributed by atoms with van der Waals surface area (Å²) in [7, 11) is 1.71. The molecular formula is C15H19N3O. The lowest BCUT2D eigenvalue weighted by Gasteiger charge is -2.14. The van der Waals surface area contributed by atoms with E-state index in [9.17, 15) is 0 Å². The molecule has 4 heteroatoms. The van der Waals surface area contributed by atoms with Crippen LogP contribution >= 0.6 is 0 Å². The fraction of sp³-hybridized carbons (Fsp3) is 0.467. The van der Waals surface area contributed by atoms with Gasteiger partial charge in [0.05, 0.1) is 18.7 Å². The van der Waals surface area contributed by atoms with E-state index < -0.39 is 0 Å². The van der Waals surface area contributed by atoms with Gasteiger partial charge in [-0.1, -0.05) is 26.0 Å². The Morgan fingerprint density at radius 3 is 2.74 bits per heavy atom. The van der Waals surface area contributed by atoms with Crippen molar-refractivity contribution < 1.29 is 4.74 Å². The van der Waals surface area contributed by atoms with E-state index in [4.69, 9.17) is 4.74 Å². The number of rotatable bonds is 4. The zero-order valence-electron chi connectivity index (χ0n) is 11.6. The first kappa shape index (κ1) is 12.2. The first-order valence-corrected chi connectivity index (χ1v) is 6.79. The highest BCUT2D eigenvalue weighted by molar-refractivity contribution is 5.66. The minimum absolute atomic E-state index is 0.417. The second-order valence-corrected chi connectivity index (χ2v) is 5.36. The first-order valence-electron chi connectivity index (χ1n) is 6.79. The third-order valence-electron chi connectivity index (χ3n) is 3.54. The fourth-order valence-electron chi connectivity index (χ4n) is 2.33. The average Bonchev–Trinajstić information content (AvgIpc) is 3.15. The van der Waals surface area contributed by atoms with E-state index in [1.54, 1.807) is 7.11 Å². The number of para-hydroxylation sites is 1. The standard InChI is InChI=1S/C15H19N3O/c1-10(2)12-5-4-6-13(14(12)19-3)15-16-9-18(17-15)11-7-8-11/h4-6,9-11H,7-8H2,1-3H3. The predicted octanol–water partition coefficient (Wildman–Crippen LogP) is 3.41. The summed E-state index contributed by atoms with van der Waals surface area (Å²) in [5, 5.41) is 4.58. The van der Waals surface area contributed by atoms with Crippen molar-refractivity contribution in [1.29, 1.82) is 0 Å². The number of benzene rings is 1. The van der Waals surface area contributed by atoms with Gasteiger partial charge in [-0.05, 0) is 30.4 Å². The van der Waals surface area contributed by atoms with Crippen molar-refractivity contribution >= 4 is 0 Å². The van der Waals surface area contributed by atoms with Crippen molar-refractivity contribution in [3.63, 3.8) is 0 Å². The second kappa shape index (κ2) is 4.68. The number of ether oxygens (including phenoxy) is 1. The molecular weight excluding hydrogens is 238 g/mol. The highest BCUT2D eigenvalue weighted by Crippen LogP contribution is 2.37. The van der Waals surface area contributed by atoms with Crippen LogP contribution in [0.4, 0.5) is 0 Å². The fourth-order valence-corrected chi connectivity index (χ4v) is 2.33. The van der Waals surface area contributed by atoms with Gasteiger partial charge in [0.1, 0.15) is 12.1 Å². The van der Waals surface area contributed by atoms with Crippen LogP contribution in [-0.2, 0) is 0 Å². The average molecular weight is 257 g/mol. The Balaban J connectivity index is 2.04. The van der Waals surface area contributed by atoms with E-state index in [1.165, 1.54) is 18.4 Å². The number of nitrogens with zero attached hydrogens (tertiary/aromatic N) is 3. The second-order valence-electron chi connectivity index (χ2n) is 5.36. The Bertz CT molecular complexity index is 585. The van der Waals surface area contributed by atoms with E-state index in [2.05, 4.69) is 30.0 Å². The molecule has 0 unspecified atom stereocenters. The van der Waals surface area contributed by atoms with Gasteiger partial charge >= 0.3 is 0 Å². The van der Waals surface area contributed by atoms with E-state index in [-0.39, 0.29) is 0 Å². The number of hydrogen-bond acceptors (Lipinski definition) is 3. The van der Waals surface area contributed by atoms with Gasteiger partial charge in [0, 0.05) is 0 Å². The number of hydrogen-bond donors (Lipinski definition) is 0. The van der Waals surface area contributed by atoms with E-state index in [1.807, 2.05) is 23.1 Å². The van der Waals surface area contributed by atoms with Crippen LogP contribution in [0.3, 0.4) is 0 Å². The molecule has 19 heavy (non-hydrogen) atoms. The lowest BCUT2D eigenvalue weighted by Crippen LogP contribution is -1.98. The van der Waals surface area contributed by atoms with Crippen LogP contribution < -0.4 is 4.74 Å². The lowest BCUT2D eigenvalue weighted by molar-refractivity contribution is 0.409. The van der Waals surface area contributed by atoms with Crippen LogP contribution in [0.5, 0.6) is 5.75 Å². The highest BCUT2D eigenvalue weighted by Gasteiger charge is 2.25. The lowest BCUT2D eigenvalue weighted by atomic mass is 9.99. The van der Waals surface area contributed by atoms with Gasteiger partial charge in [-0.25, -0.2) is 9.67 Å². The molecule has 3 rings (SSSR count). The summed E-state index contributed by atoms with van der Waals surface area (Å²) < 4.78 is 7.56. The van der Waals surface area contributed by atoms with Crippen LogP contribution in [0.25, 0.3) is 11.4 Å². The Kier molecular flexibility index (Phi) is 3.01. The Morgan fingerprint density at radius 2 is 2.11 bits per heavy atom. The molecule has 1 aliphatic rings. The van der Waals surface area contributed by atoms with Crippen molar-refractivity contribution in [3.05, 3.63) is 30.1 Å². The number of aromatic nitrogens is 3. The smallest absolute Gasteiger partial charge is 0.184 e. The third-order valence-corrected chi connectivity index (χ3v) is 3.54. The zero-order valence-corrected chi connectivity index (χ0v) is 11.6. The molecule has 2 aromatic rings. The quantitative estimate of drug-likeness (QED) is 0.842. The highest BCUT2D eigenvalue weighted by atomic mass is 16.5. The number of methoxy groups -OCH3 is 1. The normalized spacial score (nSPS) is 14.9. The maximum absolute atomic E-state index is 5.59. The zero-order chi connectivity index (χ0) is 13.4. The summed E-state index contributed by atoms with van der Waals surface area (Å²) in [6.45, 7) is 4.33. The van der Waals surface area contributed by atoms with E-state index in [0.717, 1.165) is 17.1 Å². The Morgan fingerprint density at radius 1 is 1.32 bits per heavy atom. The molecule has 0 saturated heterocycles. The van der Waals surface area contributed by atoms with Crippen LogP contribution in [0.15, 0.2) is 24.5 Å². The van der Waals surface area contributed by atoms with Gasteiger partial charge in [0.25, 0.3) is 0 Å². The molecule has 1 heterocycles. The van der Waals surface area contributed by atoms with Crippen LogP contribution in [0.2, 0.25) is 0 Å². The minimum atomic E-state index is 0.417. The topological polar surface area (TPSA) is 39.9 Å². The maximum atomic E-state index is 5.59. The summed E-state index contributed by atoms with van der Waals surface area (Å²) in [4.78, 5) is 4.43. The molecule has 1 fully saturated rings. The molecule has 1 aromatic carbocycles. The molecule has 0 spiro atoms. The van der Waals surface area contributed by atoms with Gasteiger partial charge < -0.3 is 4.74 Å². The maximum Gasteiger partial charge on any atom is 0.184 e. The molecule has 0 atom stereocenters. The van der Waals surface area contributed by atoms with Crippen molar-refractivity contribution in [1.82, 2.24) is 14.8 Å². The summed E-state index contributed by atoms with van der Waals surface area (Å²) >= 11 is 0. The van der Waals surface area contributed by atoms with Gasteiger partial charge in [0.15, 0.2) is 5.82 Å². The van der Waals surface area contributed by atoms with Crippen LogP contribution in [0.1, 0.15) is 44.2 Å². The summed E-state index contributed by atoms with van der Waals surface area (Å²) in [5.74, 6) is 2.07. The Labute approximate surface area is 113 Å². The first-order chi connectivity index (χ1) is 9.20. The van der Waals surface area contributed by atoms with Crippen LogP contribution in [0, 0.1) is 0 Å². The molecule has 4 nitrogen and oxygen atoms in total. The molecule has 1 aliphatic carbocycles. The van der Waals surface area contributed by atoms with Gasteiger partial charge in [-0.2, -0.15) is 5.10 Å². The largest absolute Gasteiger partial charge is 0.496 e. The summed E-state index contributed by atoms with van der Waals surface area (Å²) in [6, 6.07) is 6.73. The van der Waals surface area contributed by atoms with Crippen molar-refractivity contribution in [2.45, 2.75) is 38.6 Å². The van der Waals surface area contributed by atoms with Crippen molar-refractivity contribution in [2.75, 3.05) is 7.11 Å². The van der Waals surface area contributed by atoms with Gasteiger partial charge in [0.2, 0.25) is 0 Å². The van der Waals surface area contributed by atoms with Crippen LogP contribution in [-0.4, -0.2) is 21.9 Å². The molecule has 0 aliphatic heterocycles. The SMILES string of the molecule is COc1c(-c2ncn(C3CC3)n2)cccc1C(C)C. The van der Waals surface area contributed by atoms with Gasteiger partial charge in [-0.3, -0.25) is 0 Å². The molecule has 100 valence electrons. The molecule has 0 bridgehead atoms. The monoisotopic (exact) mass is 257 g/mol. The Hall–Kier alpha value is -1.84. The minimum Gasteiger partial charge on any atom is -0.496 e. The van der Waals surface area contributed by atoms with Crippen molar-refractivity contribution in [2.24, 2.45) is 0 Å².